The van der Waals surface area contributed by atoms with Crippen molar-refractivity contribution in [3.63, 3.8) is 0 Å². The van der Waals surface area contributed by atoms with Crippen LogP contribution in [0.5, 0.6) is 0 Å². The highest BCUT2D eigenvalue weighted by molar-refractivity contribution is 7.20. The Bertz CT molecular complexity index is 579. The molecule has 10 heteroatoms. The SMILES string of the molecule is Cl.Cl.NCC(F)(F)CNC(=O)Cc1csc(-c2cccs2)n1. The van der Waals surface area contributed by atoms with Crippen LogP contribution in [0.3, 0.4) is 0 Å². The third-order valence-corrected chi connectivity index (χ3v) is 4.40. The van der Waals surface area contributed by atoms with Crippen molar-refractivity contribution in [1.82, 2.24) is 10.3 Å². The van der Waals surface area contributed by atoms with Crippen molar-refractivity contribution in [3.8, 4) is 9.88 Å². The summed E-state index contributed by atoms with van der Waals surface area (Å²) in [5.41, 5.74) is 5.47. The average Bonchev–Trinajstić information content (AvgIpc) is 3.07. The maximum Gasteiger partial charge on any atom is 0.277 e. The smallest absolute Gasteiger partial charge is 0.277 e. The molecule has 2 aromatic heterocycles. The quantitative estimate of drug-likeness (QED) is 0.797. The lowest BCUT2D eigenvalue weighted by Gasteiger charge is -2.14. The molecule has 0 atom stereocenters. The Balaban J connectivity index is 0.00000220. The Kier molecular flexibility index (Phi) is 9.02. The molecule has 3 N–H and O–H groups in total. The van der Waals surface area contributed by atoms with Gasteiger partial charge in [-0.1, -0.05) is 6.07 Å². The average molecular weight is 390 g/mol. The van der Waals surface area contributed by atoms with E-state index in [1.807, 2.05) is 17.5 Å². The number of rotatable bonds is 6. The molecule has 0 saturated carbocycles. The van der Waals surface area contributed by atoms with Gasteiger partial charge in [-0.25, -0.2) is 13.8 Å². The van der Waals surface area contributed by atoms with Gasteiger partial charge in [-0.3, -0.25) is 4.79 Å². The molecule has 2 aromatic rings. The van der Waals surface area contributed by atoms with Crippen LogP contribution in [-0.2, 0) is 11.2 Å². The van der Waals surface area contributed by atoms with Crippen LogP contribution in [0.1, 0.15) is 5.69 Å². The summed E-state index contributed by atoms with van der Waals surface area (Å²) in [6, 6.07) is 3.86. The van der Waals surface area contributed by atoms with Crippen LogP contribution in [0.2, 0.25) is 0 Å². The summed E-state index contributed by atoms with van der Waals surface area (Å²) in [6.45, 7) is -1.53. The van der Waals surface area contributed by atoms with Gasteiger partial charge in [-0.05, 0) is 11.4 Å². The first-order chi connectivity index (χ1) is 9.50. The molecule has 4 nitrogen and oxygen atoms in total. The molecule has 0 unspecified atom stereocenters. The number of carbonyl (C=O) groups is 1. The van der Waals surface area contributed by atoms with E-state index in [9.17, 15) is 13.6 Å². The lowest BCUT2D eigenvalue weighted by atomic mass is 10.3. The molecule has 1 amide bonds. The lowest BCUT2D eigenvalue weighted by Crippen LogP contribution is -2.42. The number of amides is 1. The predicted octanol–water partition coefficient (Wildman–Crippen LogP) is 2.97. The van der Waals surface area contributed by atoms with Crippen LogP contribution in [0.15, 0.2) is 22.9 Å². The maximum absolute atomic E-state index is 12.9. The molecule has 0 aliphatic carbocycles. The zero-order valence-electron chi connectivity index (χ0n) is 11.3. The summed E-state index contributed by atoms with van der Waals surface area (Å²) in [4.78, 5) is 16.9. The van der Waals surface area contributed by atoms with Gasteiger partial charge < -0.3 is 11.1 Å². The van der Waals surface area contributed by atoms with Crippen LogP contribution >= 0.6 is 47.5 Å². The molecule has 124 valence electrons. The summed E-state index contributed by atoms with van der Waals surface area (Å²) in [7, 11) is 0. The number of thiazole rings is 1. The number of nitrogens with two attached hydrogens (primary N) is 1. The molecular formula is C12H15Cl2F2N3OS2. The number of hydrogen-bond acceptors (Lipinski definition) is 5. The third-order valence-electron chi connectivity index (χ3n) is 2.47. The van der Waals surface area contributed by atoms with Gasteiger partial charge in [-0.15, -0.1) is 47.5 Å². The Morgan fingerprint density at radius 3 is 2.68 bits per heavy atom. The summed E-state index contributed by atoms with van der Waals surface area (Å²) in [6.07, 6.45) is -0.0114. The van der Waals surface area contributed by atoms with E-state index in [1.54, 1.807) is 16.7 Å². The van der Waals surface area contributed by atoms with E-state index in [1.165, 1.54) is 11.3 Å². The normalized spacial score (nSPS) is 10.5. The van der Waals surface area contributed by atoms with Crippen molar-refractivity contribution in [2.45, 2.75) is 12.3 Å². The van der Waals surface area contributed by atoms with Crippen molar-refractivity contribution in [2.24, 2.45) is 5.73 Å². The van der Waals surface area contributed by atoms with E-state index in [0.717, 1.165) is 9.88 Å². The van der Waals surface area contributed by atoms with Gasteiger partial charge in [0.05, 0.1) is 30.1 Å². The van der Waals surface area contributed by atoms with Gasteiger partial charge in [0.1, 0.15) is 5.01 Å². The number of nitrogens with one attached hydrogen (secondary N) is 1. The molecule has 0 spiro atoms. The molecule has 0 aliphatic rings. The number of alkyl halides is 2. The molecule has 22 heavy (non-hydrogen) atoms. The Hall–Kier alpha value is -0.800. The van der Waals surface area contributed by atoms with Crippen LogP contribution in [0.4, 0.5) is 8.78 Å². The third kappa shape index (κ3) is 6.13. The van der Waals surface area contributed by atoms with Crippen molar-refractivity contribution < 1.29 is 13.6 Å². The second-order valence-corrected chi connectivity index (χ2v) is 5.94. The van der Waals surface area contributed by atoms with Gasteiger partial charge in [0.2, 0.25) is 5.91 Å². The van der Waals surface area contributed by atoms with Crippen LogP contribution in [0, 0.1) is 0 Å². The fourth-order valence-electron chi connectivity index (χ4n) is 1.43. The monoisotopic (exact) mass is 389 g/mol. The second-order valence-electron chi connectivity index (χ2n) is 4.13. The molecular weight excluding hydrogens is 375 g/mol. The van der Waals surface area contributed by atoms with Gasteiger partial charge in [0.15, 0.2) is 0 Å². The fraction of sp³-hybridized carbons (Fsp3) is 0.333. The highest BCUT2D eigenvalue weighted by Crippen LogP contribution is 2.27. The van der Waals surface area contributed by atoms with Crippen molar-refractivity contribution in [3.05, 3.63) is 28.6 Å². The highest BCUT2D eigenvalue weighted by Gasteiger charge is 2.27. The summed E-state index contributed by atoms with van der Waals surface area (Å²) >= 11 is 2.99. The minimum Gasteiger partial charge on any atom is -0.350 e. The summed E-state index contributed by atoms with van der Waals surface area (Å²) in [5, 5.41) is 6.70. The first kappa shape index (κ1) is 21.2. The van der Waals surface area contributed by atoms with E-state index < -0.39 is 24.9 Å². The first-order valence-corrected chi connectivity index (χ1v) is 7.59. The van der Waals surface area contributed by atoms with Crippen LogP contribution < -0.4 is 11.1 Å². The molecule has 0 saturated heterocycles. The molecule has 0 bridgehead atoms. The highest BCUT2D eigenvalue weighted by atomic mass is 35.5. The van der Waals surface area contributed by atoms with Crippen molar-refractivity contribution in [2.75, 3.05) is 13.1 Å². The Morgan fingerprint density at radius 1 is 1.36 bits per heavy atom. The fourth-order valence-corrected chi connectivity index (χ4v) is 3.06. The number of nitrogens with zero attached hydrogens (tertiary/aromatic N) is 1. The summed E-state index contributed by atoms with van der Waals surface area (Å²) < 4.78 is 25.8. The van der Waals surface area contributed by atoms with Gasteiger partial charge in [0.25, 0.3) is 5.92 Å². The van der Waals surface area contributed by atoms with Crippen LogP contribution in [0.25, 0.3) is 9.88 Å². The molecule has 2 rings (SSSR count). The van der Waals surface area contributed by atoms with E-state index in [4.69, 9.17) is 5.73 Å². The van der Waals surface area contributed by atoms with Gasteiger partial charge in [-0.2, -0.15) is 0 Å². The topological polar surface area (TPSA) is 68.0 Å². The number of halogens is 4. The molecule has 0 radical (unpaired) electrons. The molecule has 0 aliphatic heterocycles. The number of thiophene rings is 1. The molecule has 2 heterocycles. The zero-order valence-corrected chi connectivity index (χ0v) is 14.5. The standard InChI is InChI=1S/C12H13F2N3OS2.2ClH/c13-12(14,6-15)7-16-10(18)4-8-5-20-11(17-8)9-2-1-3-19-9;;/h1-3,5H,4,6-7,15H2,(H,16,18);2*1H. The molecule has 0 aromatic carbocycles. The zero-order chi connectivity index (χ0) is 14.6. The Morgan fingerprint density at radius 2 is 2.09 bits per heavy atom. The largest absolute Gasteiger partial charge is 0.350 e. The lowest BCUT2D eigenvalue weighted by molar-refractivity contribution is -0.122. The summed E-state index contributed by atoms with van der Waals surface area (Å²) in [5.74, 6) is -3.55. The van der Waals surface area contributed by atoms with Crippen molar-refractivity contribution in [1.29, 1.82) is 0 Å². The van der Waals surface area contributed by atoms with E-state index in [0.29, 0.717) is 5.69 Å². The minimum absolute atomic E-state index is 0. The minimum atomic E-state index is -3.07. The van der Waals surface area contributed by atoms with Gasteiger partial charge >= 0.3 is 0 Å². The van der Waals surface area contributed by atoms with Crippen LogP contribution in [-0.4, -0.2) is 29.9 Å². The van der Waals surface area contributed by atoms with Gasteiger partial charge in [0, 0.05) is 5.38 Å². The number of carbonyl (C=O) groups excluding carboxylic acids is 1. The van der Waals surface area contributed by atoms with E-state index >= 15 is 0 Å². The van der Waals surface area contributed by atoms with E-state index in [-0.39, 0.29) is 31.2 Å². The maximum atomic E-state index is 12.9. The Labute approximate surface area is 147 Å². The number of hydrogen-bond donors (Lipinski definition) is 2. The number of aromatic nitrogens is 1. The first-order valence-electron chi connectivity index (χ1n) is 5.83. The molecule has 0 fully saturated rings. The van der Waals surface area contributed by atoms with Crippen molar-refractivity contribution >= 4 is 53.4 Å². The predicted molar refractivity (Wildman–Crippen MR) is 90.6 cm³/mol. The van der Waals surface area contributed by atoms with E-state index in [2.05, 4.69) is 10.3 Å². The second kappa shape index (κ2) is 9.36.